The van der Waals surface area contributed by atoms with E-state index in [-0.39, 0.29) is 0 Å². The summed E-state index contributed by atoms with van der Waals surface area (Å²) in [6, 6.07) is 56.9. The zero-order valence-electron chi connectivity index (χ0n) is 39.2. The number of ether oxygens (including phenoxy) is 2. The van der Waals surface area contributed by atoms with Crippen LogP contribution < -0.4 is 21.9 Å². The highest BCUT2D eigenvalue weighted by atomic mass is 35.5. The minimum atomic E-state index is -1.02. The van der Waals surface area contributed by atoms with Crippen molar-refractivity contribution in [3.63, 3.8) is 0 Å². The van der Waals surface area contributed by atoms with Gasteiger partial charge in [0.1, 0.15) is 0 Å². The normalized spacial score (nSPS) is 12.7. The first-order valence-electron chi connectivity index (χ1n) is 23.0. The lowest BCUT2D eigenvalue weighted by atomic mass is 9.52. The average molecular weight is 1010 g/mol. The molecule has 0 aliphatic heterocycles. The number of benzene rings is 8. The number of halogens is 4. The van der Waals surface area contributed by atoms with Crippen LogP contribution in [0.15, 0.2) is 194 Å². The number of rotatable bonds is 16. The molecule has 8 aromatic carbocycles. The minimum absolute atomic E-state index is 0.572. The van der Waals surface area contributed by atoms with E-state index in [1.807, 2.05) is 198 Å². The molecule has 0 fully saturated rings. The molecule has 4 unspecified atom stereocenters. The SMILES string of the molecule is Cc1ccc(B(O)C(OC(B(O)c2ccc(C)c(Cl)c2)c2ccccc2)c2ccccc2)cc1Cl.Cc1ccc(B(O)C(OC(B(O)c2ccc(C)c(Cl)c2)c2ccccc2)c2ccccc2)cc1Cl. The summed E-state index contributed by atoms with van der Waals surface area (Å²) in [4.78, 5) is 0. The molecular weight excluding hydrogens is 954 g/mol. The average Bonchev–Trinajstić information content (AvgIpc) is 3.38. The maximum atomic E-state index is 11.5. The van der Waals surface area contributed by atoms with Gasteiger partial charge in [-0.3, -0.25) is 0 Å². The zero-order chi connectivity index (χ0) is 49.9. The second kappa shape index (κ2) is 24.9. The van der Waals surface area contributed by atoms with Crippen molar-refractivity contribution in [1.29, 1.82) is 0 Å². The van der Waals surface area contributed by atoms with Gasteiger partial charge in [-0.1, -0.05) is 216 Å². The Morgan fingerprint density at radius 2 is 0.486 bits per heavy atom. The maximum Gasteiger partial charge on any atom is 0.359 e. The van der Waals surface area contributed by atoms with Crippen molar-refractivity contribution in [1.82, 2.24) is 0 Å². The summed E-state index contributed by atoms with van der Waals surface area (Å²) in [6.07, 6.45) is 0. The first-order valence-corrected chi connectivity index (χ1v) is 24.5. The maximum absolute atomic E-state index is 11.5. The predicted molar refractivity (Wildman–Crippen MR) is 294 cm³/mol. The molecule has 6 nitrogen and oxygen atoms in total. The standard InChI is InChI=1S/2C28H26B2Cl2O3/c2*1-19-13-15-23(17-25(19)31)29(33)27(21-9-5-3-6-10-21)35-28(22-11-7-4-8-12-22)30(34)24-16-14-20(2)26(32)18-24/h2*3-18,27-28,33-34H,1-2H3. The summed E-state index contributed by atoms with van der Waals surface area (Å²) in [5, 5.41) is 48.3. The van der Waals surface area contributed by atoms with Crippen LogP contribution in [0, 0.1) is 27.7 Å². The molecule has 14 heteroatoms. The molecule has 352 valence electrons. The molecule has 0 radical (unpaired) electrons. The number of aryl methyl sites for hydroxylation is 4. The molecule has 0 heterocycles. The van der Waals surface area contributed by atoms with Crippen LogP contribution in [0.3, 0.4) is 0 Å². The zero-order valence-corrected chi connectivity index (χ0v) is 42.2. The van der Waals surface area contributed by atoms with Gasteiger partial charge in [0.2, 0.25) is 0 Å². The molecule has 0 spiro atoms. The van der Waals surface area contributed by atoms with Crippen molar-refractivity contribution in [2.45, 2.75) is 51.7 Å². The van der Waals surface area contributed by atoms with Crippen molar-refractivity contribution < 1.29 is 29.6 Å². The number of hydrogen-bond donors (Lipinski definition) is 4. The van der Waals surface area contributed by atoms with Crippen LogP contribution in [-0.4, -0.2) is 47.8 Å². The molecule has 0 amide bonds. The second-order valence-corrected chi connectivity index (χ2v) is 19.0. The molecule has 0 saturated heterocycles. The van der Waals surface area contributed by atoms with Crippen molar-refractivity contribution in [3.8, 4) is 0 Å². The molecule has 0 saturated carbocycles. The van der Waals surface area contributed by atoms with Gasteiger partial charge in [0.15, 0.2) is 0 Å². The second-order valence-electron chi connectivity index (χ2n) is 17.4. The molecule has 8 aromatic rings. The quantitative estimate of drug-likeness (QED) is 0.0720. The van der Waals surface area contributed by atoms with E-state index in [2.05, 4.69) is 0 Å². The van der Waals surface area contributed by atoms with Crippen LogP contribution in [0.25, 0.3) is 0 Å². The Hall–Kier alpha value is -5.06. The molecule has 70 heavy (non-hydrogen) atoms. The molecule has 4 atom stereocenters. The van der Waals surface area contributed by atoms with Crippen LogP contribution in [-0.2, 0) is 9.47 Å². The van der Waals surface area contributed by atoms with Crippen LogP contribution in [0.4, 0.5) is 0 Å². The predicted octanol–water partition coefficient (Wildman–Crippen LogP) is 10.5. The fourth-order valence-corrected chi connectivity index (χ4v) is 8.86. The summed E-state index contributed by atoms with van der Waals surface area (Å²) < 4.78 is 13.2. The van der Waals surface area contributed by atoms with E-state index in [1.165, 1.54) is 0 Å². The Morgan fingerprint density at radius 1 is 0.300 bits per heavy atom. The van der Waals surface area contributed by atoms with E-state index in [0.29, 0.717) is 41.9 Å². The highest BCUT2D eigenvalue weighted by molar-refractivity contribution is 6.70. The Morgan fingerprint density at radius 3 is 0.657 bits per heavy atom. The van der Waals surface area contributed by atoms with E-state index < -0.39 is 51.7 Å². The molecule has 4 N–H and O–H groups in total. The van der Waals surface area contributed by atoms with Gasteiger partial charge in [0.25, 0.3) is 0 Å². The summed E-state index contributed by atoms with van der Waals surface area (Å²) in [6.45, 7) is 3.59. The third kappa shape index (κ3) is 13.3. The van der Waals surface area contributed by atoms with Gasteiger partial charge >= 0.3 is 27.7 Å². The van der Waals surface area contributed by atoms with E-state index in [0.717, 1.165) is 44.5 Å². The van der Waals surface area contributed by atoms with Crippen molar-refractivity contribution in [2.75, 3.05) is 0 Å². The van der Waals surface area contributed by atoms with Crippen molar-refractivity contribution >= 4 is 95.9 Å². The van der Waals surface area contributed by atoms with Gasteiger partial charge in [-0.05, 0) is 118 Å². The van der Waals surface area contributed by atoms with Gasteiger partial charge in [0, 0.05) is 20.1 Å². The van der Waals surface area contributed by atoms with Crippen LogP contribution >= 0.6 is 46.4 Å². The third-order valence-electron chi connectivity index (χ3n) is 12.4. The molecule has 0 aliphatic rings. The van der Waals surface area contributed by atoms with Gasteiger partial charge in [-0.15, -0.1) is 0 Å². The molecular formula is C56H52B4Cl4O6. The van der Waals surface area contributed by atoms with Gasteiger partial charge < -0.3 is 29.6 Å². The van der Waals surface area contributed by atoms with Crippen LogP contribution in [0.2, 0.25) is 20.1 Å². The Labute approximate surface area is 433 Å². The van der Waals surface area contributed by atoms with Gasteiger partial charge in [0.05, 0.1) is 24.0 Å². The summed E-state index contributed by atoms with van der Waals surface area (Å²) in [5.74, 6) is 0. The van der Waals surface area contributed by atoms with E-state index in [1.54, 1.807) is 24.3 Å². The highest BCUT2D eigenvalue weighted by Gasteiger charge is 2.39. The fraction of sp³-hybridized carbons (Fsp3) is 0.143. The van der Waals surface area contributed by atoms with E-state index >= 15 is 0 Å². The lowest BCUT2D eigenvalue weighted by Crippen LogP contribution is -2.44. The summed E-state index contributed by atoms with van der Waals surface area (Å²) in [5.41, 5.74) is 9.37. The van der Waals surface area contributed by atoms with Gasteiger partial charge in [-0.2, -0.15) is 0 Å². The third-order valence-corrected chi connectivity index (χ3v) is 14.0. The molecule has 0 aliphatic carbocycles. The Bertz CT molecular complexity index is 2550. The van der Waals surface area contributed by atoms with Crippen LogP contribution in [0.1, 0.15) is 68.5 Å². The first kappa shape index (κ1) is 52.8. The molecule has 0 bridgehead atoms. The monoisotopic (exact) mass is 1000 g/mol. The fourth-order valence-electron chi connectivity index (χ4n) is 8.10. The van der Waals surface area contributed by atoms with Crippen molar-refractivity contribution in [3.05, 3.63) is 259 Å². The lowest BCUT2D eigenvalue weighted by Gasteiger charge is -2.29. The number of hydrogen-bond acceptors (Lipinski definition) is 6. The Balaban J connectivity index is 0.000000206. The lowest BCUT2D eigenvalue weighted by molar-refractivity contribution is 0.0592. The molecule has 0 aromatic heterocycles. The van der Waals surface area contributed by atoms with Gasteiger partial charge in [-0.25, -0.2) is 0 Å². The Kier molecular flexibility index (Phi) is 18.7. The van der Waals surface area contributed by atoms with Crippen LogP contribution in [0.5, 0.6) is 0 Å². The first-order chi connectivity index (χ1) is 33.7. The highest BCUT2D eigenvalue weighted by Crippen LogP contribution is 2.33. The van der Waals surface area contributed by atoms with Crippen molar-refractivity contribution in [2.24, 2.45) is 0 Å². The molecule has 8 rings (SSSR count). The largest absolute Gasteiger partial charge is 0.445 e. The minimum Gasteiger partial charge on any atom is -0.445 e. The summed E-state index contributed by atoms with van der Waals surface area (Å²) >= 11 is 25.5. The van der Waals surface area contributed by atoms with E-state index in [4.69, 9.17) is 55.9 Å². The van der Waals surface area contributed by atoms with E-state index in [9.17, 15) is 20.1 Å². The smallest absolute Gasteiger partial charge is 0.359 e. The summed E-state index contributed by atoms with van der Waals surface area (Å²) in [7, 11) is 0. The topological polar surface area (TPSA) is 99.4 Å².